The van der Waals surface area contributed by atoms with Gasteiger partial charge in [-0.25, -0.2) is 8.78 Å². The lowest BCUT2D eigenvalue weighted by atomic mass is 10.2. The predicted molar refractivity (Wildman–Crippen MR) is 56.4 cm³/mol. The van der Waals surface area contributed by atoms with Crippen LogP contribution in [0.2, 0.25) is 0 Å². The maximum atomic E-state index is 13.7. The molecule has 5 nitrogen and oxygen atoms in total. The number of nitrogens with two attached hydrogens (primary N) is 1. The van der Waals surface area contributed by atoms with Gasteiger partial charge >= 0.3 is 0 Å². The van der Waals surface area contributed by atoms with Gasteiger partial charge in [0.05, 0.1) is 6.04 Å². The number of hydrogen-bond donors (Lipinski definition) is 1. The van der Waals surface area contributed by atoms with Gasteiger partial charge in [-0.05, 0) is 35.9 Å². The molecule has 7 heteroatoms. The first-order chi connectivity index (χ1) is 8.00. The van der Waals surface area contributed by atoms with E-state index in [1.807, 2.05) is 0 Å². The van der Waals surface area contributed by atoms with Gasteiger partial charge in [-0.2, -0.15) is 4.68 Å². The summed E-state index contributed by atoms with van der Waals surface area (Å²) in [6.45, 7) is 3.14. The van der Waals surface area contributed by atoms with E-state index in [9.17, 15) is 8.78 Å². The van der Waals surface area contributed by atoms with Crippen molar-refractivity contribution in [2.75, 3.05) is 0 Å². The number of aromatic nitrogens is 4. The fourth-order valence-corrected chi connectivity index (χ4v) is 1.45. The molecule has 0 aliphatic carbocycles. The summed E-state index contributed by atoms with van der Waals surface area (Å²) in [4.78, 5) is 0. The molecule has 1 heterocycles. The van der Waals surface area contributed by atoms with Crippen molar-refractivity contribution in [2.45, 2.75) is 19.9 Å². The number of benzene rings is 1. The number of aryl methyl sites for hydroxylation is 1. The minimum absolute atomic E-state index is 0.0506. The number of halogens is 2. The SMILES string of the molecule is Cc1cc(F)c(-n2nnnc2C(C)N)cc1F. The summed E-state index contributed by atoms with van der Waals surface area (Å²) in [5, 5.41) is 10.7. The van der Waals surface area contributed by atoms with Crippen molar-refractivity contribution < 1.29 is 8.78 Å². The summed E-state index contributed by atoms with van der Waals surface area (Å²) in [5.41, 5.74) is 5.81. The summed E-state index contributed by atoms with van der Waals surface area (Å²) in [6.07, 6.45) is 0. The van der Waals surface area contributed by atoms with Crippen LogP contribution in [0.3, 0.4) is 0 Å². The molecule has 1 aromatic heterocycles. The molecule has 0 amide bonds. The van der Waals surface area contributed by atoms with E-state index in [1.54, 1.807) is 6.92 Å². The van der Waals surface area contributed by atoms with Crippen LogP contribution in [0.4, 0.5) is 8.78 Å². The average molecular weight is 239 g/mol. The van der Waals surface area contributed by atoms with Crippen LogP contribution in [0.1, 0.15) is 24.4 Å². The third kappa shape index (κ3) is 2.01. The van der Waals surface area contributed by atoms with Gasteiger partial charge in [0.1, 0.15) is 17.3 Å². The number of tetrazole rings is 1. The molecule has 2 N–H and O–H groups in total. The zero-order valence-electron chi connectivity index (χ0n) is 9.35. The van der Waals surface area contributed by atoms with Crippen LogP contribution in [0.15, 0.2) is 12.1 Å². The molecule has 1 atom stereocenters. The maximum absolute atomic E-state index is 13.7. The van der Waals surface area contributed by atoms with Crippen LogP contribution in [0.5, 0.6) is 0 Å². The van der Waals surface area contributed by atoms with E-state index in [4.69, 9.17) is 5.73 Å². The Morgan fingerprint density at radius 2 is 2.00 bits per heavy atom. The smallest absolute Gasteiger partial charge is 0.173 e. The number of rotatable bonds is 2. The Balaban J connectivity index is 2.60. The van der Waals surface area contributed by atoms with Crippen molar-refractivity contribution >= 4 is 0 Å². The van der Waals surface area contributed by atoms with Crippen LogP contribution in [-0.4, -0.2) is 20.2 Å². The molecule has 2 aromatic rings. The molecule has 1 aromatic carbocycles. The predicted octanol–water partition coefficient (Wildman–Crippen LogP) is 1.27. The molecule has 17 heavy (non-hydrogen) atoms. The van der Waals surface area contributed by atoms with Crippen molar-refractivity contribution in [2.24, 2.45) is 5.73 Å². The fourth-order valence-electron chi connectivity index (χ4n) is 1.45. The minimum atomic E-state index is -0.599. The van der Waals surface area contributed by atoms with Gasteiger partial charge in [-0.3, -0.25) is 0 Å². The normalized spacial score (nSPS) is 12.8. The quantitative estimate of drug-likeness (QED) is 0.856. The molecule has 0 fully saturated rings. The molecule has 0 saturated heterocycles. The van der Waals surface area contributed by atoms with Crippen LogP contribution in [-0.2, 0) is 0 Å². The Bertz CT molecular complexity index is 550. The van der Waals surface area contributed by atoms with Gasteiger partial charge in [0.2, 0.25) is 0 Å². The Labute approximate surface area is 96.2 Å². The van der Waals surface area contributed by atoms with Crippen LogP contribution >= 0.6 is 0 Å². The second-order valence-corrected chi connectivity index (χ2v) is 3.79. The van der Waals surface area contributed by atoms with Crippen molar-refractivity contribution in [1.29, 1.82) is 0 Å². The highest BCUT2D eigenvalue weighted by Crippen LogP contribution is 2.19. The third-order valence-corrected chi connectivity index (χ3v) is 2.36. The van der Waals surface area contributed by atoms with Gasteiger partial charge in [0, 0.05) is 6.07 Å². The molecule has 2 rings (SSSR count). The first kappa shape index (κ1) is 11.6. The van der Waals surface area contributed by atoms with Gasteiger partial charge in [-0.15, -0.1) is 5.10 Å². The van der Waals surface area contributed by atoms with E-state index in [0.717, 1.165) is 16.8 Å². The highest BCUT2D eigenvalue weighted by molar-refractivity contribution is 5.37. The zero-order valence-corrected chi connectivity index (χ0v) is 9.35. The van der Waals surface area contributed by atoms with Crippen molar-refractivity contribution in [1.82, 2.24) is 20.2 Å². The van der Waals surface area contributed by atoms with Gasteiger partial charge in [0.15, 0.2) is 5.82 Å². The van der Waals surface area contributed by atoms with E-state index >= 15 is 0 Å². The molecule has 0 aliphatic heterocycles. The molecule has 0 bridgehead atoms. The summed E-state index contributed by atoms with van der Waals surface area (Å²) >= 11 is 0. The van der Waals surface area contributed by atoms with E-state index < -0.39 is 17.7 Å². The standard InChI is InChI=1S/C10H11F2N5/c1-5-3-8(12)9(4-7(5)11)17-10(6(2)13)14-15-16-17/h3-4,6H,13H2,1-2H3. The topological polar surface area (TPSA) is 69.6 Å². The highest BCUT2D eigenvalue weighted by Gasteiger charge is 2.16. The van der Waals surface area contributed by atoms with Gasteiger partial charge in [-0.1, -0.05) is 0 Å². The van der Waals surface area contributed by atoms with E-state index in [0.29, 0.717) is 0 Å². The van der Waals surface area contributed by atoms with E-state index in [-0.39, 0.29) is 17.1 Å². The van der Waals surface area contributed by atoms with Crippen molar-refractivity contribution in [3.63, 3.8) is 0 Å². The lowest BCUT2D eigenvalue weighted by molar-refractivity contribution is 0.570. The molecular formula is C10H11F2N5. The second kappa shape index (κ2) is 4.17. The Morgan fingerprint density at radius 1 is 1.29 bits per heavy atom. The lowest BCUT2D eigenvalue weighted by Gasteiger charge is -2.08. The molecule has 1 unspecified atom stereocenters. The Hall–Kier alpha value is -1.89. The number of hydrogen-bond acceptors (Lipinski definition) is 4. The molecule has 0 radical (unpaired) electrons. The monoisotopic (exact) mass is 239 g/mol. The van der Waals surface area contributed by atoms with Gasteiger partial charge < -0.3 is 5.73 Å². The molecule has 0 saturated carbocycles. The fraction of sp³-hybridized carbons (Fsp3) is 0.300. The minimum Gasteiger partial charge on any atom is -0.321 e. The highest BCUT2D eigenvalue weighted by atomic mass is 19.1. The zero-order chi connectivity index (χ0) is 12.6. The van der Waals surface area contributed by atoms with Gasteiger partial charge in [0.25, 0.3) is 0 Å². The summed E-state index contributed by atoms with van der Waals surface area (Å²) in [5.74, 6) is -0.849. The van der Waals surface area contributed by atoms with E-state index in [2.05, 4.69) is 15.5 Å². The molecule has 0 aliphatic rings. The maximum Gasteiger partial charge on any atom is 0.173 e. The van der Waals surface area contributed by atoms with Crippen LogP contribution in [0, 0.1) is 18.6 Å². The first-order valence-corrected chi connectivity index (χ1v) is 5.00. The molecule has 90 valence electrons. The largest absolute Gasteiger partial charge is 0.321 e. The van der Waals surface area contributed by atoms with Crippen LogP contribution in [0.25, 0.3) is 5.69 Å². The first-order valence-electron chi connectivity index (χ1n) is 5.00. The van der Waals surface area contributed by atoms with E-state index in [1.165, 1.54) is 6.92 Å². The Morgan fingerprint density at radius 3 is 2.65 bits per heavy atom. The second-order valence-electron chi connectivity index (χ2n) is 3.79. The average Bonchev–Trinajstić information content (AvgIpc) is 2.72. The number of nitrogens with zero attached hydrogens (tertiary/aromatic N) is 4. The lowest BCUT2D eigenvalue weighted by Crippen LogP contribution is -2.14. The Kier molecular flexibility index (Phi) is 2.84. The van der Waals surface area contributed by atoms with Crippen molar-refractivity contribution in [3.05, 3.63) is 35.2 Å². The van der Waals surface area contributed by atoms with Crippen molar-refractivity contribution in [3.8, 4) is 5.69 Å². The molecular weight excluding hydrogens is 228 g/mol. The summed E-state index contributed by atoms with van der Waals surface area (Å²) < 4.78 is 28.2. The molecule has 0 spiro atoms. The third-order valence-electron chi connectivity index (χ3n) is 2.36. The summed E-state index contributed by atoms with van der Waals surface area (Å²) in [7, 11) is 0. The van der Waals surface area contributed by atoms with Crippen LogP contribution < -0.4 is 5.73 Å². The summed E-state index contributed by atoms with van der Waals surface area (Å²) in [6, 6.07) is 1.67.